The van der Waals surface area contributed by atoms with Gasteiger partial charge in [-0.3, -0.25) is 4.99 Å². The average molecular weight is 340 g/mol. The van der Waals surface area contributed by atoms with Crippen molar-refractivity contribution in [2.24, 2.45) is 4.99 Å². The molecule has 0 unspecified atom stereocenters. The van der Waals surface area contributed by atoms with Crippen molar-refractivity contribution in [1.82, 2.24) is 0 Å². The number of hydrogen-bond donors (Lipinski definition) is 0. The molecular formula is C17H13ClF3NO. The molecule has 0 fully saturated rings. The number of fused-ring (bicyclic) bond motifs is 1. The molecule has 0 saturated carbocycles. The lowest BCUT2D eigenvalue weighted by Gasteiger charge is -2.35. The summed E-state index contributed by atoms with van der Waals surface area (Å²) in [6.07, 6.45) is -3.72. The van der Waals surface area contributed by atoms with E-state index in [0.29, 0.717) is 22.0 Å². The maximum Gasteiger partial charge on any atom is 0.403 e. The number of benzene rings is 2. The molecule has 2 nitrogen and oxygen atoms in total. The number of hydrogen-bond acceptors (Lipinski definition) is 2. The fourth-order valence-electron chi connectivity index (χ4n) is 2.75. The Labute approximate surface area is 136 Å². The Bertz CT molecular complexity index is 755. The molecule has 3 rings (SSSR count). The molecule has 0 aliphatic carbocycles. The fraction of sp³-hybridized carbons (Fsp3) is 0.235. The molecule has 0 bridgehead atoms. The molecule has 23 heavy (non-hydrogen) atoms. The van der Waals surface area contributed by atoms with Gasteiger partial charge in [0, 0.05) is 11.2 Å². The summed E-state index contributed by atoms with van der Waals surface area (Å²) in [5, 5.41) is 0.395. The minimum atomic E-state index is -4.48. The zero-order chi connectivity index (χ0) is 16.7. The summed E-state index contributed by atoms with van der Waals surface area (Å²) in [5.74, 6) is 0.502. The summed E-state index contributed by atoms with van der Waals surface area (Å²) < 4.78 is 46.7. The molecule has 0 aromatic heterocycles. The number of alkyl halides is 3. The van der Waals surface area contributed by atoms with Crippen LogP contribution in [0.25, 0.3) is 0 Å². The first-order chi connectivity index (χ1) is 10.9. The topological polar surface area (TPSA) is 21.6 Å². The zero-order valence-electron chi connectivity index (χ0n) is 12.2. The van der Waals surface area contributed by atoms with Gasteiger partial charge in [0.15, 0.2) is 0 Å². The van der Waals surface area contributed by atoms with E-state index in [1.54, 1.807) is 12.1 Å². The molecule has 6 heteroatoms. The van der Waals surface area contributed by atoms with Crippen LogP contribution in [0.4, 0.5) is 18.9 Å². The third kappa shape index (κ3) is 2.70. The second-order valence-corrected chi connectivity index (χ2v) is 5.84. The largest absolute Gasteiger partial charge is 0.497 e. The van der Waals surface area contributed by atoms with Crippen molar-refractivity contribution in [3.63, 3.8) is 0 Å². The SMILES string of the molecule is COc1ccc([C@@]2(C(F)(F)F)C=Nc3ccc(Cl)cc3C2)cc1. The molecule has 0 N–H and O–H groups in total. The van der Waals surface area contributed by atoms with Crippen molar-refractivity contribution < 1.29 is 17.9 Å². The third-order valence-corrected chi connectivity index (χ3v) is 4.28. The molecule has 1 atom stereocenters. The van der Waals surface area contributed by atoms with Crippen LogP contribution in [-0.2, 0) is 11.8 Å². The van der Waals surface area contributed by atoms with Crippen LogP contribution in [0.15, 0.2) is 47.5 Å². The molecule has 0 amide bonds. The maximum atomic E-state index is 13.9. The van der Waals surface area contributed by atoms with Gasteiger partial charge >= 0.3 is 6.18 Å². The van der Waals surface area contributed by atoms with Gasteiger partial charge in [0.2, 0.25) is 0 Å². The van der Waals surface area contributed by atoms with Crippen LogP contribution in [0, 0.1) is 0 Å². The van der Waals surface area contributed by atoms with Gasteiger partial charge < -0.3 is 4.74 Å². The van der Waals surface area contributed by atoms with Crippen molar-refractivity contribution in [3.8, 4) is 5.75 Å². The Balaban J connectivity index is 2.13. The summed E-state index contributed by atoms with van der Waals surface area (Å²) in [4.78, 5) is 4.04. The van der Waals surface area contributed by atoms with Gasteiger partial charge in [-0.1, -0.05) is 23.7 Å². The highest BCUT2D eigenvalue weighted by Gasteiger charge is 2.56. The Hall–Kier alpha value is -2.01. The number of rotatable bonds is 2. The normalized spacial score (nSPS) is 20.2. The summed E-state index contributed by atoms with van der Waals surface area (Å²) in [6.45, 7) is 0. The summed E-state index contributed by atoms with van der Waals surface area (Å²) in [7, 11) is 1.47. The van der Waals surface area contributed by atoms with Crippen LogP contribution in [-0.4, -0.2) is 19.5 Å². The van der Waals surface area contributed by atoms with E-state index in [1.807, 2.05) is 0 Å². The number of methoxy groups -OCH3 is 1. The average Bonchev–Trinajstić information content (AvgIpc) is 2.53. The van der Waals surface area contributed by atoms with Crippen molar-refractivity contribution in [3.05, 3.63) is 58.6 Å². The van der Waals surface area contributed by atoms with Crippen LogP contribution in [0.5, 0.6) is 5.75 Å². The molecule has 1 aliphatic rings. The number of aliphatic imine (C=N–C) groups is 1. The van der Waals surface area contributed by atoms with Crippen LogP contribution in [0.1, 0.15) is 11.1 Å². The van der Waals surface area contributed by atoms with Gasteiger partial charge in [0.25, 0.3) is 0 Å². The van der Waals surface area contributed by atoms with Crippen LogP contribution >= 0.6 is 11.6 Å². The van der Waals surface area contributed by atoms with Gasteiger partial charge in [0.1, 0.15) is 11.2 Å². The minimum Gasteiger partial charge on any atom is -0.497 e. The Morgan fingerprint density at radius 3 is 2.43 bits per heavy atom. The predicted molar refractivity (Wildman–Crippen MR) is 84.0 cm³/mol. The molecular weight excluding hydrogens is 327 g/mol. The van der Waals surface area contributed by atoms with E-state index < -0.39 is 11.6 Å². The van der Waals surface area contributed by atoms with Gasteiger partial charge in [-0.05, 0) is 47.9 Å². The summed E-state index contributed by atoms with van der Waals surface area (Å²) in [5.41, 5.74) is -1.05. The van der Waals surface area contributed by atoms with E-state index in [1.165, 1.54) is 37.4 Å². The maximum absolute atomic E-state index is 13.9. The van der Waals surface area contributed by atoms with Gasteiger partial charge in [-0.2, -0.15) is 13.2 Å². The monoisotopic (exact) mass is 339 g/mol. The van der Waals surface area contributed by atoms with Gasteiger partial charge in [-0.25, -0.2) is 0 Å². The quantitative estimate of drug-likeness (QED) is 0.745. The molecule has 1 aliphatic heterocycles. The lowest BCUT2D eigenvalue weighted by molar-refractivity contribution is -0.168. The lowest BCUT2D eigenvalue weighted by Crippen LogP contribution is -2.46. The Morgan fingerprint density at radius 1 is 1.13 bits per heavy atom. The first-order valence-electron chi connectivity index (χ1n) is 6.91. The van der Waals surface area contributed by atoms with Crippen LogP contribution in [0.3, 0.4) is 0 Å². The summed E-state index contributed by atoms with van der Waals surface area (Å²) in [6, 6.07) is 10.7. The zero-order valence-corrected chi connectivity index (χ0v) is 12.9. The minimum absolute atomic E-state index is 0.125. The van der Waals surface area contributed by atoms with Crippen LogP contribution in [0.2, 0.25) is 5.02 Å². The van der Waals surface area contributed by atoms with Gasteiger partial charge in [-0.15, -0.1) is 0 Å². The molecule has 0 saturated heterocycles. The Kier molecular flexibility index (Phi) is 3.84. The third-order valence-electron chi connectivity index (χ3n) is 4.05. The highest BCUT2D eigenvalue weighted by atomic mass is 35.5. The number of ether oxygens (including phenoxy) is 1. The number of halogens is 4. The van der Waals surface area contributed by atoms with E-state index in [0.717, 1.165) is 6.21 Å². The smallest absolute Gasteiger partial charge is 0.403 e. The van der Waals surface area contributed by atoms with E-state index in [2.05, 4.69) is 4.99 Å². The van der Waals surface area contributed by atoms with E-state index in [4.69, 9.17) is 16.3 Å². The van der Waals surface area contributed by atoms with E-state index in [9.17, 15) is 13.2 Å². The predicted octanol–water partition coefficient (Wildman–Crippen LogP) is 5.11. The van der Waals surface area contributed by atoms with E-state index >= 15 is 0 Å². The second kappa shape index (κ2) is 5.57. The van der Waals surface area contributed by atoms with E-state index in [-0.39, 0.29) is 12.0 Å². The first-order valence-corrected chi connectivity index (χ1v) is 7.28. The van der Waals surface area contributed by atoms with Crippen molar-refractivity contribution in [2.75, 3.05) is 7.11 Å². The lowest BCUT2D eigenvalue weighted by atomic mass is 9.74. The standard InChI is InChI=1S/C17H13ClF3NO/c1-23-14-5-2-12(3-6-14)16(17(19,20)21)9-11-8-13(18)4-7-15(11)22-10-16/h2-8,10H,9H2,1H3/t16-/m0/s1. The highest BCUT2D eigenvalue weighted by molar-refractivity contribution is 6.30. The van der Waals surface area contributed by atoms with Gasteiger partial charge in [0.05, 0.1) is 12.8 Å². The summed E-state index contributed by atoms with van der Waals surface area (Å²) >= 11 is 5.92. The van der Waals surface area contributed by atoms with Crippen molar-refractivity contribution in [1.29, 1.82) is 0 Å². The number of nitrogens with zero attached hydrogens (tertiary/aromatic N) is 1. The molecule has 0 spiro atoms. The molecule has 2 aromatic rings. The molecule has 120 valence electrons. The van der Waals surface area contributed by atoms with Crippen LogP contribution < -0.4 is 4.74 Å². The van der Waals surface area contributed by atoms with Crippen molar-refractivity contribution in [2.45, 2.75) is 18.0 Å². The molecule has 2 aromatic carbocycles. The fourth-order valence-corrected chi connectivity index (χ4v) is 2.94. The first kappa shape index (κ1) is 15.9. The second-order valence-electron chi connectivity index (χ2n) is 5.41. The molecule has 0 radical (unpaired) electrons. The highest BCUT2D eigenvalue weighted by Crippen LogP contribution is 2.47. The van der Waals surface area contributed by atoms with Crippen molar-refractivity contribution >= 4 is 23.5 Å². The Morgan fingerprint density at radius 2 is 1.83 bits per heavy atom. The molecule has 1 heterocycles.